The standard InChI is InChI=1S/C32H27ClFN11O3/c33-24-2-4-27(45-19-37-40-41-45)29(30(24)34)22-1-3-25(36-15-22)28(44-17-23(16-38-44)20-5-10-35-11-6-20)18-43-14-9-26(39-43)31(46)42-12-7-21(8-13-42)32(47)48/h1-6,9-11,14-17,19,21,28H,7-8,12-13,18H2,(H,47,48)/p+1. The molecule has 7 rings (SSSR count). The van der Waals surface area contributed by atoms with Gasteiger partial charge < -0.3 is 10.0 Å². The summed E-state index contributed by atoms with van der Waals surface area (Å²) in [6, 6.07) is 11.6. The van der Waals surface area contributed by atoms with Gasteiger partial charge in [-0.25, -0.2) is 4.39 Å². The number of hydrogen-bond donors (Lipinski definition) is 2. The molecule has 16 heteroatoms. The third-order valence-electron chi connectivity index (χ3n) is 8.41. The van der Waals surface area contributed by atoms with E-state index in [1.165, 1.54) is 17.1 Å². The Kier molecular flexibility index (Phi) is 8.42. The highest BCUT2D eigenvalue weighted by Gasteiger charge is 2.29. The Labute approximate surface area is 277 Å². The number of piperidine rings is 1. The molecule has 242 valence electrons. The summed E-state index contributed by atoms with van der Waals surface area (Å²) >= 11 is 6.17. The van der Waals surface area contributed by atoms with E-state index in [1.54, 1.807) is 69.5 Å². The summed E-state index contributed by atoms with van der Waals surface area (Å²) in [7, 11) is 0. The molecule has 0 radical (unpaired) electrons. The SMILES string of the molecule is O=C(O)C1CCN(C(=O)c2ccn(CC(c3ccc(-c4c(-[n+]5cnn[nH]5)ccc(Cl)c4F)cn3)n3cc(-c4ccncc4)cn3)n2)CC1. The van der Waals surface area contributed by atoms with E-state index in [4.69, 9.17) is 16.6 Å². The minimum Gasteiger partial charge on any atom is -0.481 e. The number of carboxylic acids is 1. The minimum atomic E-state index is -0.836. The topological polar surface area (TPSA) is 164 Å². The summed E-state index contributed by atoms with van der Waals surface area (Å²) < 4.78 is 20.4. The van der Waals surface area contributed by atoms with Crippen LogP contribution in [-0.2, 0) is 11.3 Å². The number of pyridine rings is 2. The van der Waals surface area contributed by atoms with Crippen LogP contribution in [0.3, 0.4) is 0 Å². The van der Waals surface area contributed by atoms with Crippen molar-refractivity contribution in [1.82, 2.24) is 50.0 Å². The largest absolute Gasteiger partial charge is 0.481 e. The Bertz CT molecular complexity index is 2060. The lowest BCUT2D eigenvalue weighted by molar-refractivity contribution is -0.659. The minimum absolute atomic E-state index is 0.0424. The molecular formula is C32H28ClFN11O3+. The van der Waals surface area contributed by atoms with Crippen molar-refractivity contribution >= 4 is 23.5 Å². The van der Waals surface area contributed by atoms with Crippen molar-refractivity contribution in [2.45, 2.75) is 25.4 Å². The van der Waals surface area contributed by atoms with E-state index in [9.17, 15) is 14.7 Å². The highest BCUT2D eigenvalue weighted by Crippen LogP contribution is 2.32. The second-order valence-corrected chi connectivity index (χ2v) is 11.7. The second kappa shape index (κ2) is 13.1. The molecule has 0 spiro atoms. The van der Waals surface area contributed by atoms with Gasteiger partial charge in [-0.05, 0) is 54.8 Å². The highest BCUT2D eigenvalue weighted by atomic mass is 35.5. The number of benzene rings is 1. The number of carbonyl (C=O) groups is 2. The predicted octanol–water partition coefficient (Wildman–Crippen LogP) is 3.62. The Hall–Kier alpha value is -5.83. The van der Waals surface area contributed by atoms with Gasteiger partial charge in [-0.15, -0.1) is 4.68 Å². The molecule has 1 amide bonds. The molecular weight excluding hydrogens is 641 g/mol. The van der Waals surface area contributed by atoms with Gasteiger partial charge in [-0.1, -0.05) is 22.9 Å². The summed E-state index contributed by atoms with van der Waals surface area (Å²) in [5.41, 5.74) is 3.83. The number of hydrogen-bond acceptors (Lipinski definition) is 8. The fraction of sp³-hybridized carbons (Fsp3) is 0.219. The fourth-order valence-electron chi connectivity index (χ4n) is 5.82. The molecule has 1 aliphatic heterocycles. The van der Waals surface area contributed by atoms with Gasteiger partial charge >= 0.3 is 5.97 Å². The summed E-state index contributed by atoms with van der Waals surface area (Å²) in [5, 5.41) is 28.7. The molecule has 1 fully saturated rings. The van der Waals surface area contributed by atoms with Crippen molar-refractivity contribution < 1.29 is 23.8 Å². The number of likely N-dealkylation sites (tertiary alicyclic amines) is 1. The van der Waals surface area contributed by atoms with Crippen molar-refractivity contribution in [3.63, 3.8) is 0 Å². The maximum absolute atomic E-state index is 15.5. The van der Waals surface area contributed by atoms with Crippen LogP contribution in [0.4, 0.5) is 4.39 Å². The number of rotatable bonds is 9. The monoisotopic (exact) mass is 668 g/mol. The number of carbonyl (C=O) groups excluding carboxylic acids is 1. The lowest BCUT2D eigenvalue weighted by atomic mass is 9.97. The van der Waals surface area contributed by atoms with E-state index in [1.807, 2.05) is 18.3 Å². The Morgan fingerprint density at radius 2 is 1.85 bits per heavy atom. The van der Waals surface area contributed by atoms with Gasteiger partial charge in [0.2, 0.25) is 0 Å². The van der Waals surface area contributed by atoms with Crippen molar-refractivity contribution in [2.75, 3.05) is 13.1 Å². The zero-order valence-electron chi connectivity index (χ0n) is 25.3. The van der Waals surface area contributed by atoms with Gasteiger partial charge in [0.25, 0.3) is 12.2 Å². The van der Waals surface area contributed by atoms with Gasteiger partial charge in [0.1, 0.15) is 22.5 Å². The van der Waals surface area contributed by atoms with Gasteiger partial charge in [-0.2, -0.15) is 10.2 Å². The smallest absolute Gasteiger partial charge is 0.306 e. The molecule has 1 aliphatic rings. The fourth-order valence-corrected chi connectivity index (χ4v) is 5.98. The van der Waals surface area contributed by atoms with Crippen molar-refractivity contribution in [3.05, 3.63) is 108 Å². The molecule has 1 aromatic carbocycles. The van der Waals surface area contributed by atoms with E-state index in [-0.39, 0.29) is 28.7 Å². The van der Waals surface area contributed by atoms with Crippen LogP contribution in [0.25, 0.3) is 27.9 Å². The average molecular weight is 669 g/mol. The van der Waals surface area contributed by atoms with E-state index >= 15 is 4.39 Å². The average Bonchev–Trinajstić information content (AvgIpc) is 3.92. The number of aromatic nitrogens is 10. The van der Waals surface area contributed by atoms with Crippen LogP contribution in [0, 0.1) is 11.7 Å². The number of carboxylic acid groups (broad SMARTS) is 1. The maximum Gasteiger partial charge on any atom is 0.306 e. The molecule has 0 bridgehead atoms. The van der Waals surface area contributed by atoms with Crippen LogP contribution >= 0.6 is 11.6 Å². The first kappa shape index (κ1) is 30.8. The lowest BCUT2D eigenvalue weighted by Gasteiger charge is -2.29. The molecule has 1 saturated heterocycles. The van der Waals surface area contributed by atoms with Crippen LogP contribution in [0.15, 0.2) is 86.0 Å². The van der Waals surface area contributed by atoms with Gasteiger partial charge in [0.05, 0.1) is 34.9 Å². The summed E-state index contributed by atoms with van der Waals surface area (Å²) in [5.74, 6) is -2.14. The number of nitrogens with one attached hydrogen (secondary N) is 1. The molecule has 6 heterocycles. The van der Waals surface area contributed by atoms with E-state index in [2.05, 4.69) is 30.7 Å². The van der Waals surface area contributed by atoms with Crippen molar-refractivity contribution in [1.29, 1.82) is 0 Å². The number of tetrazole rings is 1. The zero-order valence-corrected chi connectivity index (χ0v) is 26.0. The lowest BCUT2D eigenvalue weighted by Crippen LogP contribution is -2.40. The van der Waals surface area contributed by atoms with Crippen LogP contribution in [0.1, 0.15) is 35.1 Å². The third-order valence-corrected chi connectivity index (χ3v) is 8.70. The molecule has 0 saturated carbocycles. The number of halogens is 2. The Balaban J connectivity index is 1.19. The van der Waals surface area contributed by atoms with Crippen LogP contribution < -0.4 is 4.68 Å². The number of aromatic amines is 1. The van der Waals surface area contributed by atoms with Gasteiger partial charge in [0, 0.05) is 55.2 Å². The van der Waals surface area contributed by atoms with E-state index < -0.39 is 23.7 Å². The van der Waals surface area contributed by atoms with E-state index in [0.29, 0.717) is 42.9 Å². The highest BCUT2D eigenvalue weighted by molar-refractivity contribution is 6.31. The number of H-pyrrole nitrogens is 1. The Morgan fingerprint density at radius 1 is 1.04 bits per heavy atom. The van der Waals surface area contributed by atoms with Crippen LogP contribution in [0.2, 0.25) is 5.02 Å². The quantitative estimate of drug-likeness (QED) is 0.219. The van der Waals surface area contributed by atoms with Gasteiger partial charge in [0.15, 0.2) is 11.0 Å². The summed E-state index contributed by atoms with van der Waals surface area (Å²) in [6.07, 6.45) is 12.6. The molecule has 1 unspecified atom stereocenters. The molecule has 14 nitrogen and oxygen atoms in total. The summed E-state index contributed by atoms with van der Waals surface area (Å²) in [6.45, 7) is 0.985. The first-order valence-corrected chi connectivity index (χ1v) is 15.5. The van der Waals surface area contributed by atoms with E-state index in [0.717, 1.165) is 11.1 Å². The third kappa shape index (κ3) is 6.14. The molecule has 0 aliphatic carbocycles. The first-order chi connectivity index (χ1) is 23.4. The van der Waals surface area contributed by atoms with Crippen LogP contribution in [-0.4, -0.2) is 80.0 Å². The maximum atomic E-state index is 15.5. The number of nitrogens with zero attached hydrogens (tertiary/aromatic N) is 10. The molecule has 2 N–H and O–H groups in total. The number of aliphatic carboxylic acids is 1. The number of amides is 1. The summed E-state index contributed by atoms with van der Waals surface area (Å²) in [4.78, 5) is 35.0. The molecule has 6 aromatic rings. The predicted molar refractivity (Wildman–Crippen MR) is 168 cm³/mol. The molecule has 48 heavy (non-hydrogen) atoms. The van der Waals surface area contributed by atoms with Crippen molar-refractivity contribution in [3.8, 4) is 27.9 Å². The molecule has 5 aromatic heterocycles. The van der Waals surface area contributed by atoms with Crippen LogP contribution in [0.5, 0.6) is 0 Å². The first-order valence-electron chi connectivity index (χ1n) is 15.1. The Morgan fingerprint density at radius 3 is 2.56 bits per heavy atom. The van der Waals surface area contributed by atoms with Crippen molar-refractivity contribution in [2.24, 2.45) is 5.92 Å². The zero-order chi connectivity index (χ0) is 33.2. The second-order valence-electron chi connectivity index (χ2n) is 11.3. The normalized spacial score (nSPS) is 14.2. The van der Waals surface area contributed by atoms with Gasteiger partial charge in [-0.3, -0.25) is 28.9 Å². The molecule has 1 atom stereocenters.